The van der Waals surface area contributed by atoms with Crippen molar-refractivity contribution in [1.82, 2.24) is 0 Å². The fourth-order valence-electron chi connectivity index (χ4n) is 4.84. The largest absolute Gasteiger partial charge is 0.507 e. The molecule has 0 spiro atoms. The molecule has 172 valence electrons. The number of nitrogens with one attached hydrogen (secondary N) is 1. The van der Waals surface area contributed by atoms with Crippen LogP contribution in [0.4, 0.5) is 23.2 Å². The monoisotopic (exact) mass is 460 g/mol. The average molecular weight is 460 g/mol. The molecule has 5 nitrogen and oxygen atoms in total. The maximum atomic E-state index is 14.6. The van der Waals surface area contributed by atoms with E-state index >= 15 is 0 Å². The van der Waals surface area contributed by atoms with Crippen LogP contribution in [-0.4, -0.2) is 27.1 Å². The summed E-state index contributed by atoms with van der Waals surface area (Å²) >= 11 is 0. The standard InChI is InChI=1S/C24H20F4N2O3/c1-22(2)11-23(33,24(26,27)28)21(15-9-12(10-29)19(25)20(32)18(15)22)30-16-7-3-6-14-13(16)5-4-8-17(14)31/h3-9,21,30-33H,11H2,1-2H3. The highest BCUT2D eigenvalue weighted by atomic mass is 19.4. The van der Waals surface area contributed by atoms with Gasteiger partial charge in [0.2, 0.25) is 0 Å². The van der Waals surface area contributed by atoms with Gasteiger partial charge in [0.15, 0.2) is 17.2 Å². The molecule has 2 unspecified atom stereocenters. The van der Waals surface area contributed by atoms with Crippen molar-refractivity contribution in [3.63, 3.8) is 0 Å². The topological polar surface area (TPSA) is 96.5 Å². The Balaban J connectivity index is 2.02. The number of hydrogen-bond acceptors (Lipinski definition) is 5. The predicted octanol–water partition coefficient (Wildman–Crippen LogP) is 5.39. The van der Waals surface area contributed by atoms with Gasteiger partial charge in [-0.3, -0.25) is 0 Å². The van der Waals surface area contributed by atoms with Gasteiger partial charge in [0.1, 0.15) is 11.8 Å². The highest BCUT2D eigenvalue weighted by molar-refractivity contribution is 5.97. The van der Waals surface area contributed by atoms with Crippen molar-refractivity contribution >= 4 is 16.5 Å². The number of phenols is 2. The highest BCUT2D eigenvalue weighted by Gasteiger charge is 2.64. The second-order valence-electron chi connectivity index (χ2n) is 8.90. The van der Waals surface area contributed by atoms with Gasteiger partial charge < -0.3 is 20.6 Å². The maximum absolute atomic E-state index is 14.6. The minimum atomic E-state index is -5.11. The van der Waals surface area contributed by atoms with Crippen LogP contribution in [0.15, 0.2) is 42.5 Å². The molecule has 1 aliphatic carbocycles. The van der Waals surface area contributed by atoms with E-state index < -0.39 is 46.8 Å². The molecule has 1 aliphatic rings. The lowest BCUT2D eigenvalue weighted by molar-refractivity contribution is -0.276. The molecule has 9 heteroatoms. The number of aliphatic hydroxyl groups is 1. The van der Waals surface area contributed by atoms with Gasteiger partial charge in [-0.15, -0.1) is 0 Å². The second kappa shape index (κ2) is 7.25. The van der Waals surface area contributed by atoms with Gasteiger partial charge in [-0.05, 0) is 35.6 Å². The van der Waals surface area contributed by atoms with Gasteiger partial charge in [0.05, 0.1) is 11.6 Å². The zero-order valence-corrected chi connectivity index (χ0v) is 17.6. The first kappa shape index (κ1) is 22.7. The van der Waals surface area contributed by atoms with Crippen LogP contribution in [-0.2, 0) is 5.41 Å². The zero-order chi connectivity index (χ0) is 24.3. The molecule has 4 N–H and O–H groups in total. The SMILES string of the molecule is CC1(C)CC(O)(C(F)(F)F)C(Nc2cccc3c(O)cccc23)c2cc(C#N)c(F)c(O)c21. The maximum Gasteiger partial charge on any atom is 0.419 e. The van der Waals surface area contributed by atoms with Crippen molar-refractivity contribution in [2.75, 3.05) is 5.32 Å². The van der Waals surface area contributed by atoms with E-state index in [1.54, 1.807) is 18.2 Å². The number of aromatic hydroxyl groups is 2. The summed E-state index contributed by atoms with van der Waals surface area (Å²) in [6, 6.07) is 9.71. The number of nitriles is 1. The first-order valence-corrected chi connectivity index (χ1v) is 10.0. The highest BCUT2D eigenvalue weighted by Crippen LogP contribution is 2.57. The smallest absolute Gasteiger partial charge is 0.419 e. The van der Waals surface area contributed by atoms with E-state index in [2.05, 4.69) is 5.32 Å². The van der Waals surface area contributed by atoms with Crippen molar-refractivity contribution in [3.8, 4) is 17.6 Å². The van der Waals surface area contributed by atoms with Crippen LogP contribution in [0.2, 0.25) is 0 Å². The summed E-state index contributed by atoms with van der Waals surface area (Å²) in [7, 11) is 0. The third kappa shape index (κ3) is 3.33. The van der Waals surface area contributed by atoms with E-state index in [1.165, 1.54) is 38.1 Å². The van der Waals surface area contributed by atoms with Gasteiger partial charge in [-0.2, -0.15) is 18.4 Å². The Morgan fingerprint density at radius 1 is 1.09 bits per heavy atom. The van der Waals surface area contributed by atoms with E-state index in [0.717, 1.165) is 6.07 Å². The molecule has 3 aromatic carbocycles. The normalized spacial score (nSPS) is 21.9. The number of rotatable bonds is 2. The molecule has 0 aliphatic heterocycles. The zero-order valence-electron chi connectivity index (χ0n) is 17.6. The van der Waals surface area contributed by atoms with Crippen molar-refractivity contribution in [3.05, 3.63) is 65.0 Å². The number of alkyl halides is 3. The van der Waals surface area contributed by atoms with Crippen LogP contribution in [0.1, 0.15) is 43.0 Å². The van der Waals surface area contributed by atoms with E-state index in [-0.39, 0.29) is 22.6 Å². The molecule has 0 amide bonds. The quantitative estimate of drug-likeness (QED) is 0.385. The molecular formula is C24H20F4N2O3. The Hall–Kier alpha value is -3.51. The van der Waals surface area contributed by atoms with Crippen molar-refractivity contribution in [2.45, 2.75) is 43.5 Å². The molecule has 0 radical (unpaired) electrons. The summed E-state index contributed by atoms with van der Waals surface area (Å²) in [5.74, 6) is -2.23. The summed E-state index contributed by atoms with van der Waals surface area (Å²) in [6.45, 7) is 2.72. The first-order chi connectivity index (χ1) is 15.3. The molecule has 0 saturated heterocycles. The van der Waals surface area contributed by atoms with Crippen LogP contribution < -0.4 is 5.32 Å². The number of hydrogen-bond donors (Lipinski definition) is 4. The lowest BCUT2D eigenvalue weighted by Gasteiger charge is -2.49. The second-order valence-corrected chi connectivity index (χ2v) is 8.90. The molecule has 3 aromatic rings. The lowest BCUT2D eigenvalue weighted by Crippen LogP contribution is -2.58. The Labute approximate surface area is 186 Å². The summed E-state index contributed by atoms with van der Waals surface area (Å²) in [5.41, 5.74) is -5.63. The summed E-state index contributed by atoms with van der Waals surface area (Å²) in [5, 5.41) is 44.5. The molecule has 0 heterocycles. The number of benzene rings is 3. The molecule has 33 heavy (non-hydrogen) atoms. The minimum Gasteiger partial charge on any atom is -0.507 e. The molecule has 0 bridgehead atoms. The van der Waals surface area contributed by atoms with E-state index in [4.69, 9.17) is 0 Å². The van der Waals surface area contributed by atoms with Crippen LogP contribution in [0.3, 0.4) is 0 Å². The van der Waals surface area contributed by atoms with Crippen molar-refractivity contribution in [1.29, 1.82) is 5.26 Å². The molecule has 0 fully saturated rings. The molecule has 0 saturated carbocycles. The van der Waals surface area contributed by atoms with E-state index in [1.807, 2.05) is 0 Å². The van der Waals surface area contributed by atoms with Crippen LogP contribution >= 0.6 is 0 Å². The number of halogens is 4. The van der Waals surface area contributed by atoms with Gasteiger partial charge in [0.25, 0.3) is 0 Å². The van der Waals surface area contributed by atoms with Crippen LogP contribution in [0, 0.1) is 17.1 Å². The number of anilines is 1. The fraction of sp³-hybridized carbons (Fsp3) is 0.292. The first-order valence-electron chi connectivity index (χ1n) is 10.0. The number of phenolic OH excluding ortho intramolecular Hbond substituents is 2. The molecule has 0 aromatic heterocycles. The predicted molar refractivity (Wildman–Crippen MR) is 113 cm³/mol. The number of nitrogens with zero attached hydrogens (tertiary/aromatic N) is 1. The van der Waals surface area contributed by atoms with Gasteiger partial charge in [0, 0.05) is 22.0 Å². The minimum absolute atomic E-state index is 0.0844. The van der Waals surface area contributed by atoms with E-state index in [9.17, 15) is 38.1 Å². The molecular weight excluding hydrogens is 440 g/mol. The van der Waals surface area contributed by atoms with E-state index in [0.29, 0.717) is 10.8 Å². The fourth-order valence-corrected chi connectivity index (χ4v) is 4.84. The third-order valence-corrected chi connectivity index (χ3v) is 6.26. The lowest BCUT2D eigenvalue weighted by atomic mass is 9.63. The van der Waals surface area contributed by atoms with Gasteiger partial charge >= 0.3 is 6.18 Å². The Morgan fingerprint density at radius 3 is 2.36 bits per heavy atom. The third-order valence-electron chi connectivity index (χ3n) is 6.26. The van der Waals surface area contributed by atoms with Crippen LogP contribution in [0.5, 0.6) is 11.5 Å². The summed E-state index contributed by atoms with van der Waals surface area (Å²) < 4.78 is 57.5. The number of fused-ring (bicyclic) bond motifs is 2. The van der Waals surface area contributed by atoms with Gasteiger partial charge in [-0.25, -0.2) is 4.39 Å². The average Bonchev–Trinajstić information content (AvgIpc) is 2.72. The van der Waals surface area contributed by atoms with Crippen LogP contribution in [0.25, 0.3) is 10.8 Å². The Morgan fingerprint density at radius 2 is 1.73 bits per heavy atom. The Bertz CT molecular complexity index is 1310. The molecule has 4 rings (SSSR count). The van der Waals surface area contributed by atoms with Crippen molar-refractivity contribution in [2.24, 2.45) is 0 Å². The Kier molecular flexibility index (Phi) is 4.98. The van der Waals surface area contributed by atoms with Gasteiger partial charge in [-0.1, -0.05) is 38.1 Å². The van der Waals surface area contributed by atoms with Crippen molar-refractivity contribution < 1.29 is 32.9 Å². The molecule has 2 atom stereocenters. The summed E-state index contributed by atoms with van der Waals surface area (Å²) in [4.78, 5) is 0. The summed E-state index contributed by atoms with van der Waals surface area (Å²) in [6.07, 6.45) is -5.98.